The standard InChI is InChI=1S/C19H17NO4/c1-11-14-9-6-12-4-2-3-5-15(12)18(14)24-17(11)19(22)23-10-16(21)20-13-7-8-13/h2-6,9,13H,7-8,10H2,1H3,(H,20,21). The predicted octanol–water partition coefficient (Wildman–Crippen LogP) is 3.33. The van der Waals surface area contributed by atoms with Gasteiger partial charge in [-0.2, -0.15) is 0 Å². The highest BCUT2D eigenvalue weighted by Crippen LogP contribution is 2.32. The van der Waals surface area contributed by atoms with Crippen LogP contribution < -0.4 is 5.32 Å². The quantitative estimate of drug-likeness (QED) is 0.748. The largest absolute Gasteiger partial charge is 0.450 e. The number of furan rings is 1. The van der Waals surface area contributed by atoms with Crippen LogP contribution in [0.15, 0.2) is 40.8 Å². The van der Waals surface area contributed by atoms with Crippen molar-refractivity contribution in [2.75, 3.05) is 6.61 Å². The summed E-state index contributed by atoms with van der Waals surface area (Å²) in [5.74, 6) is -0.732. The summed E-state index contributed by atoms with van der Waals surface area (Å²) in [6.45, 7) is 1.54. The van der Waals surface area contributed by atoms with Crippen molar-refractivity contribution in [2.45, 2.75) is 25.8 Å². The second-order valence-corrected chi connectivity index (χ2v) is 6.14. The summed E-state index contributed by atoms with van der Waals surface area (Å²) in [6.07, 6.45) is 1.99. The number of hydrogen-bond donors (Lipinski definition) is 1. The Kier molecular flexibility index (Phi) is 3.49. The summed E-state index contributed by atoms with van der Waals surface area (Å²) in [5, 5.41) is 5.65. The Bertz CT molecular complexity index is 953. The van der Waals surface area contributed by atoms with Crippen LogP contribution in [-0.2, 0) is 9.53 Å². The number of carbonyl (C=O) groups is 2. The van der Waals surface area contributed by atoms with Crippen molar-refractivity contribution in [1.29, 1.82) is 0 Å². The summed E-state index contributed by atoms with van der Waals surface area (Å²) < 4.78 is 10.9. The zero-order chi connectivity index (χ0) is 16.7. The molecule has 3 aromatic rings. The van der Waals surface area contributed by atoms with E-state index in [0.717, 1.165) is 34.6 Å². The number of fused-ring (bicyclic) bond motifs is 3. The first-order chi connectivity index (χ1) is 11.6. The second-order valence-electron chi connectivity index (χ2n) is 6.14. The topological polar surface area (TPSA) is 68.5 Å². The molecule has 1 aromatic heterocycles. The molecular formula is C19H17NO4. The number of nitrogens with one attached hydrogen (secondary N) is 1. The molecule has 2 aromatic carbocycles. The molecule has 24 heavy (non-hydrogen) atoms. The van der Waals surface area contributed by atoms with Crippen LogP contribution in [0.3, 0.4) is 0 Å². The lowest BCUT2D eigenvalue weighted by atomic mass is 10.1. The maximum Gasteiger partial charge on any atom is 0.375 e. The number of benzene rings is 2. The Morgan fingerprint density at radius 3 is 2.75 bits per heavy atom. The second kappa shape index (κ2) is 5.67. The highest BCUT2D eigenvalue weighted by atomic mass is 16.5. The van der Waals surface area contributed by atoms with Gasteiger partial charge in [-0.1, -0.05) is 36.4 Å². The molecule has 0 radical (unpaired) electrons. The van der Waals surface area contributed by atoms with Gasteiger partial charge in [-0.05, 0) is 25.2 Å². The van der Waals surface area contributed by atoms with Crippen LogP contribution in [0.5, 0.6) is 0 Å². The van der Waals surface area contributed by atoms with Gasteiger partial charge in [-0.15, -0.1) is 0 Å². The van der Waals surface area contributed by atoms with Crippen molar-refractivity contribution < 1.29 is 18.7 Å². The Morgan fingerprint density at radius 1 is 1.17 bits per heavy atom. The van der Waals surface area contributed by atoms with E-state index in [1.165, 1.54) is 0 Å². The number of esters is 1. The molecule has 0 unspecified atom stereocenters. The van der Waals surface area contributed by atoms with Crippen LogP contribution in [0.2, 0.25) is 0 Å². The van der Waals surface area contributed by atoms with E-state index < -0.39 is 5.97 Å². The van der Waals surface area contributed by atoms with Crippen molar-refractivity contribution >= 4 is 33.6 Å². The zero-order valence-electron chi connectivity index (χ0n) is 13.3. The van der Waals surface area contributed by atoms with Gasteiger partial charge < -0.3 is 14.5 Å². The number of hydrogen-bond acceptors (Lipinski definition) is 4. The van der Waals surface area contributed by atoms with E-state index in [9.17, 15) is 9.59 Å². The fourth-order valence-electron chi connectivity index (χ4n) is 2.84. The maximum absolute atomic E-state index is 12.3. The third-order valence-electron chi connectivity index (χ3n) is 4.29. The monoisotopic (exact) mass is 323 g/mol. The Balaban J connectivity index is 1.61. The Hall–Kier alpha value is -2.82. The van der Waals surface area contributed by atoms with Crippen LogP contribution in [0.25, 0.3) is 21.7 Å². The van der Waals surface area contributed by atoms with E-state index in [0.29, 0.717) is 5.58 Å². The van der Waals surface area contributed by atoms with E-state index in [1.807, 2.05) is 43.3 Å². The minimum Gasteiger partial charge on any atom is -0.450 e. The summed E-state index contributed by atoms with van der Waals surface area (Å²) >= 11 is 0. The van der Waals surface area contributed by atoms with Crippen molar-refractivity contribution in [3.05, 3.63) is 47.7 Å². The maximum atomic E-state index is 12.3. The minimum atomic E-state index is -0.612. The average Bonchev–Trinajstić information content (AvgIpc) is 3.34. The third kappa shape index (κ3) is 2.62. The highest BCUT2D eigenvalue weighted by Gasteiger charge is 2.25. The van der Waals surface area contributed by atoms with Crippen LogP contribution in [0.4, 0.5) is 0 Å². The van der Waals surface area contributed by atoms with Crippen molar-refractivity contribution in [3.8, 4) is 0 Å². The molecule has 0 atom stereocenters. The number of carbonyl (C=O) groups excluding carboxylic acids is 2. The minimum absolute atomic E-state index is 0.153. The van der Waals surface area contributed by atoms with Gasteiger partial charge in [0.05, 0.1) is 0 Å². The summed E-state index contributed by atoms with van der Waals surface area (Å²) in [7, 11) is 0. The number of rotatable bonds is 4. The van der Waals surface area contributed by atoms with Gasteiger partial charge in [0.1, 0.15) is 5.58 Å². The van der Waals surface area contributed by atoms with E-state index in [-0.39, 0.29) is 24.3 Å². The molecule has 0 aliphatic heterocycles. The zero-order valence-corrected chi connectivity index (χ0v) is 13.3. The molecule has 122 valence electrons. The first-order valence-corrected chi connectivity index (χ1v) is 8.01. The lowest BCUT2D eigenvalue weighted by Crippen LogP contribution is -2.30. The van der Waals surface area contributed by atoms with Crippen molar-refractivity contribution in [3.63, 3.8) is 0 Å². The first kappa shape index (κ1) is 14.8. The summed E-state index contributed by atoms with van der Waals surface area (Å²) in [6, 6.07) is 12.0. The molecule has 5 nitrogen and oxygen atoms in total. The summed E-state index contributed by atoms with van der Waals surface area (Å²) in [5.41, 5.74) is 1.39. The van der Waals surface area contributed by atoms with Gasteiger partial charge in [-0.3, -0.25) is 4.79 Å². The molecule has 1 fully saturated rings. The molecular weight excluding hydrogens is 306 g/mol. The molecule has 1 amide bonds. The van der Waals surface area contributed by atoms with Gasteiger partial charge in [0, 0.05) is 22.4 Å². The summed E-state index contributed by atoms with van der Waals surface area (Å²) in [4.78, 5) is 23.9. The normalized spacial score (nSPS) is 14.0. The van der Waals surface area contributed by atoms with E-state index >= 15 is 0 Å². The molecule has 5 heteroatoms. The van der Waals surface area contributed by atoms with Gasteiger partial charge in [-0.25, -0.2) is 4.79 Å². The lowest BCUT2D eigenvalue weighted by molar-refractivity contribution is -0.124. The van der Waals surface area contributed by atoms with Crippen molar-refractivity contribution in [1.82, 2.24) is 5.32 Å². The predicted molar refractivity (Wildman–Crippen MR) is 89.9 cm³/mol. The molecule has 1 saturated carbocycles. The van der Waals surface area contributed by atoms with Crippen LogP contribution >= 0.6 is 0 Å². The molecule has 0 bridgehead atoms. The van der Waals surface area contributed by atoms with Gasteiger partial charge >= 0.3 is 5.97 Å². The van der Waals surface area contributed by atoms with Gasteiger partial charge in [0.15, 0.2) is 6.61 Å². The Labute approximate surface area is 138 Å². The molecule has 0 saturated heterocycles. The number of aryl methyl sites for hydroxylation is 1. The lowest BCUT2D eigenvalue weighted by Gasteiger charge is -2.04. The van der Waals surface area contributed by atoms with Gasteiger partial charge in [0.25, 0.3) is 5.91 Å². The number of amides is 1. The van der Waals surface area contributed by atoms with Crippen LogP contribution in [0.1, 0.15) is 29.0 Å². The van der Waals surface area contributed by atoms with Crippen LogP contribution in [0, 0.1) is 6.92 Å². The van der Waals surface area contributed by atoms with Crippen LogP contribution in [-0.4, -0.2) is 24.5 Å². The SMILES string of the molecule is Cc1c(C(=O)OCC(=O)NC2CC2)oc2c1ccc1ccccc12. The van der Waals surface area contributed by atoms with Crippen molar-refractivity contribution in [2.24, 2.45) is 0 Å². The molecule has 0 spiro atoms. The highest BCUT2D eigenvalue weighted by molar-refractivity contribution is 6.08. The molecule has 1 N–H and O–H groups in total. The molecule has 4 rings (SSSR count). The third-order valence-corrected chi connectivity index (χ3v) is 4.29. The fourth-order valence-corrected chi connectivity index (χ4v) is 2.84. The molecule has 1 aliphatic rings. The fraction of sp³-hybridized carbons (Fsp3) is 0.263. The molecule has 1 aliphatic carbocycles. The number of ether oxygens (including phenoxy) is 1. The first-order valence-electron chi connectivity index (χ1n) is 8.01. The van der Waals surface area contributed by atoms with E-state index in [4.69, 9.17) is 9.15 Å². The smallest absolute Gasteiger partial charge is 0.375 e. The average molecular weight is 323 g/mol. The Morgan fingerprint density at radius 2 is 1.96 bits per heavy atom. The molecule has 1 heterocycles. The van der Waals surface area contributed by atoms with E-state index in [2.05, 4.69) is 5.32 Å². The van der Waals surface area contributed by atoms with Gasteiger partial charge in [0.2, 0.25) is 5.76 Å². The van der Waals surface area contributed by atoms with E-state index in [1.54, 1.807) is 0 Å².